The fraction of sp³-hybridized carbons (Fsp3) is 0.400. The highest BCUT2D eigenvalue weighted by Gasteiger charge is 2.15. The summed E-state index contributed by atoms with van der Waals surface area (Å²) in [5.74, 6) is 0.260. The molecule has 0 aliphatic rings. The van der Waals surface area contributed by atoms with Gasteiger partial charge in [-0.3, -0.25) is 9.59 Å². The topological polar surface area (TPSA) is 91.7 Å². The second-order valence-corrected chi connectivity index (χ2v) is 4.46. The van der Waals surface area contributed by atoms with E-state index in [1.807, 2.05) is 6.07 Å². The number of hydrogen-bond acceptors (Lipinski definition) is 5. The average molecular weight is 305 g/mol. The SMILES string of the molecule is CNC(=O)COc1ccc(C(=O)N(C)CCC#N)cc1OC. The molecule has 0 bridgehead atoms. The average Bonchev–Trinajstić information content (AvgIpc) is 2.56. The zero-order valence-electron chi connectivity index (χ0n) is 12.9. The molecule has 0 unspecified atom stereocenters. The molecule has 2 amide bonds. The molecule has 0 spiro atoms. The normalized spacial score (nSPS) is 9.55. The van der Waals surface area contributed by atoms with Crippen molar-refractivity contribution in [2.24, 2.45) is 0 Å². The van der Waals surface area contributed by atoms with Crippen LogP contribution in [-0.2, 0) is 4.79 Å². The first-order valence-electron chi connectivity index (χ1n) is 6.67. The number of carbonyl (C=O) groups is 2. The largest absolute Gasteiger partial charge is 0.493 e. The van der Waals surface area contributed by atoms with E-state index in [0.29, 0.717) is 23.6 Å². The minimum Gasteiger partial charge on any atom is -0.493 e. The summed E-state index contributed by atoms with van der Waals surface area (Å²) in [5.41, 5.74) is 0.421. The first-order valence-corrected chi connectivity index (χ1v) is 6.67. The predicted octanol–water partition coefficient (Wildman–Crippen LogP) is 0.806. The Hall–Kier alpha value is -2.75. The minimum absolute atomic E-state index is 0.137. The maximum atomic E-state index is 12.2. The Morgan fingerprint density at radius 1 is 1.36 bits per heavy atom. The molecule has 7 heteroatoms. The highest BCUT2D eigenvalue weighted by molar-refractivity contribution is 5.94. The quantitative estimate of drug-likeness (QED) is 0.804. The van der Waals surface area contributed by atoms with Crippen molar-refractivity contribution >= 4 is 11.8 Å². The van der Waals surface area contributed by atoms with E-state index >= 15 is 0 Å². The molecule has 0 aliphatic heterocycles. The van der Waals surface area contributed by atoms with E-state index in [1.54, 1.807) is 25.2 Å². The fourth-order valence-corrected chi connectivity index (χ4v) is 1.67. The summed E-state index contributed by atoms with van der Waals surface area (Å²) in [6.07, 6.45) is 0.271. The van der Waals surface area contributed by atoms with Crippen molar-refractivity contribution < 1.29 is 19.1 Å². The molecule has 1 rings (SSSR count). The van der Waals surface area contributed by atoms with Gasteiger partial charge in [0.25, 0.3) is 11.8 Å². The van der Waals surface area contributed by atoms with Gasteiger partial charge in [-0.2, -0.15) is 5.26 Å². The van der Waals surface area contributed by atoms with Gasteiger partial charge >= 0.3 is 0 Å². The van der Waals surface area contributed by atoms with E-state index in [4.69, 9.17) is 14.7 Å². The van der Waals surface area contributed by atoms with Gasteiger partial charge in [-0.25, -0.2) is 0 Å². The zero-order chi connectivity index (χ0) is 16.5. The van der Waals surface area contributed by atoms with Crippen LogP contribution < -0.4 is 14.8 Å². The molecule has 0 aromatic heterocycles. The lowest BCUT2D eigenvalue weighted by molar-refractivity contribution is -0.122. The molecule has 0 aliphatic carbocycles. The molecule has 0 radical (unpaired) electrons. The number of rotatable bonds is 7. The van der Waals surface area contributed by atoms with E-state index in [9.17, 15) is 9.59 Å². The molecular weight excluding hydrogens is 286 g/mol. The van der Waals surface area contributed by atoms with Crippen LogP contribution in [0, 0.1) is 11.3 Å². The van der Waals surface area contributed by atoms with Crippen molar-refractivity contribution in [3.8, 4) is 17.6 Å². The molecule has 0 saturated carbocycles. The third-order valence-corrected chi connectivity index (χ3v) is 2.95. The van der Waals surface area contributed by atoms with Gasteiger partial charge in [0.1, 0.15) is 0 Å². The Kier molecular flexibility index (Phi) is 6.70. The van der Waals surface area contributed by atoms with E-state index in [-0.39, 0.29) is 24.8 Å². The Morgan fingerprint density at radius 3 is 2.68 bits per heavy atom. The van der Waals surface area contributed by atoms with Crippen molar-refractivity contribution in [2.75, 3.05) is 34.4 Å². The summed E-state index contributed by atoms with van der Waals surface area (Å²) < 4.78 is 10.5. The van der Waals surface area contributed by atoms with Gasteiger partial charge in [0, 0.05) is 26.2 Å². The number of methoxy groups -OCH3 is 1. The molecule has 1 N–H and O–H groups in total. The Labute approximate surface area is 129 Å². The second kappa shape index (κ2) is 8.52. The van der Waals surface area contributed by atoms with Crippen LogP contribution in [0.1, 0.15) is 16.8 Å². The number of nitriles is 1. The molecule has 0 atom stereocenters. The lowest BCUT2D eigenvalue weighted by atomic mass is 10.1. The number of likely N-dealkylation sites (N-methyl/N-ethyl adjacent to an activating group) is 1. The molecule has 1 aromatic rings. The predicted molar refractivity (Wildman–Crippen MR) is 79.7 cm³/mol. The van der Waals surface area contributed by atoms with Crippen LogP contribution in [0.4, 0.5) is 0 Å². The zero-order valence-corrected chi connectivity index (χ0v) is 12.9. The van der Waals surface area contributed by atoms with Crippen LogP contribution in [0.15, 0.2) is 18.2 Å². The fourth-order valence-electron chi connectivity index (χ4n) is 1.67. The molecule has 0 heterocycles. The summed E-state index contributed by atoms with van der Waals surface area (Å²) in [4.78, 5) is 24.8. The summed E-state index contributed by atoms with van der Waals surface area (Å²) in [7, 11) is 4.60. The molecule has 118 valence electrons. The number of benzene rings is 1. The van der Waals surface area contributed by atoms with Crippen molar-refractivity contribution in [2.45, 2.75) is 6.42 Å². The number of nitrogens with zero attached hydrogens (tertiary/aromatic N) is 2. The number of ether oxygens (including phenoxy) is 2. The monoisotopic (exact) mass is 305 g/mol. The van der Waals surface area contributed by atoms with E-state index in [0.717, 1.165) is 0 Å². The van der Waals surface area contributed by atoms with Gasteiger partial charge in [-0.05, 0) is 18.2 Å². The summed E-state index contributed by atoms with van der Waals surface area (Å²) in [6.45, 7) is 0.217. The Balaban J connectivity index is 2.85. The second-order valence-electron chi connectivity index (χ2n) is 4.46. The smallest absolute Gasteiger partial charge is 0.257 e. The maximum Gasteiger partial charge on any atom is 0.257 e. The molecule has 1 aromatic carbocycles. The van der Waals surface area contributed by atoms with Crippen LogP contribution in [0.2, 0.25) is 0 Å². The van der Waals surface area contributed by atoms with Gasteiger partial charge in [0.2, 0.25) is 0 Å². The van der Waals surface area contributed by atoms with E-state index in [1.165, 1.54) is 19.1 Å². The van der Waals surface area contributed by atoms with Crippen molar-refractivity contribution in [3.63, 3.8) is 0 Å². The molecule has 0 fully saturated rings. The van der Waals surface area contributed by atoms with Gasteiger partial charge < -0.3 is 19.7 Å². The van der Waals surface area contributed by atoms with Gasteiger partial charge in [-0.15, -0.1) is 0 Å². The minimum atomic E-state index is -0.265. The lowest BCUT2D eigenvalue weighted by Gasteiger charge is -2.17. The third kappa shape index (κ3) is 4.66. The van der Waals surface area contributed by atoms with Crippen LogP contribution in [0.3, 0.4) is 0 Å². The van der Waals surface area contributed by atoms with Crippen LogP contribution in [-0.4, -0.2) is 51.1 Å². The summed E-state index contributed by atoms with van der Waals surface area (Å²) in [6, 6.07) is 6.71. The van der Waals surface area contributed by atoms with Crippen LogP contribution >= 0.6 is 0 Å². The van der Waals surface area contributed by atoms with E-state index in [2.05, 4.69) is 5.32 Å². The maximum absolute atomic E-state index is 12.2. The summed E-state index contributed by atoms with van der Waals surface area (Å²) in [5, 5.41) is 11.0. The van der Waals surface area contributed by atoms with Gasteiger partial charge in [-0.1, -0.05) is 0 Å². The van der Waals surface area contributed by atoms with Crippen molar-refractivity contribution in [1.29, 1.82) is 5.26 Å². The van der Waals surface area contributed by atoms with Crippen molar-refractivity contribution in [1.82, 2.24) is 10.2 Å². The number of carbonyl (C=O) groups excluding carboxylic acids is 2. The highest BCUT2D eigenvalue weighted by atomic mass is 16.5. The number of amides is 2. The lowest BCUT2D eigenvalue weighted by Crippen LogP contribution is -2.27. The third-order valence-electron chi connectivity index (χ3n) is 2.95. The molecule has 0 saturated heterocycles. The molecule has 7 nitrogen and oxygen atoms in total. The molecular formula is C15H19N3O4. The summed E-state index contributed by atoms with van der Waals surface area (Å²) >= 11 is 0. The van der Waals surface area contributed by atoms with Crippen LogP contribution in [0.25, 0.3) is 0 Å². The van der Waals surface area contributed by atoms with Gasteiger partial charge in [0.15, 0.2) is 18.1 Å². The number of hydrogen-bond donors (Lipinski definition) is 1. The number of nitrogens with one attached hydrogen (secondary N) is 1. The Bertz CT molecular complexity index is 581. The first-order chi connectivity index (χ1) is 10.5. The first kappa shape index (κ1) is 17.3. The van der Waals surface area contributed by atoms with Crippen LogP contribution in [0.5, 0.6) is 11.5 Å². The molecule has 22 heavy (non-hydrogen) atoms. The van der Waals surface area contributed by atoms with Gasteiger partial charge in [0.05, 0.1) is 19.6 Å². The Morgan fingerprint density at radius 2 is 2.09 bits per heavy atom. The van der Waals surface area contributed by atoms with Crippen molar-refractivity contribution in [3.05, 3.63) is 23.8 Å². The highest BCUT2D eigenvalue weighted by Crippen LogP contribution is 2.28. The van der Waals surface area contributed by atoms with E-state index < -0.39 is 0 Å². The standard InChI is InChI=1S/C15H19N3O4/c1-17-14(19)10-22-12-6-5-11(9-13(12)21-3)15(20)18(2)8-4-7-16/h5-6,9H,4,8,10H2,1-3H3,(H,17,19).